The molecule has 1 aliphatic heterocycles. The zero-order valence-electron chi connectivity index (χ0n) is 12.4. The Morgan fingerprint density at radius 2 is 1.90 bits per heavy atom. The van der Waals surface area contributed by atoms with E-state index in [0.717, 1.165) is 5.56 Å². The van der Waals surface area contributed by atoms with E-state index in [0.29, 0.717) is 13.0 Å². The molecule has 0 bridgehead atoms. The summed E-state index contributed by atoms with van der Waals surface area (Å²) in [7, 11) is 0. The Balaban J connectivity index is 2.00. The van der Waals surface area contributed by atoms with Crippen molar-refractivity contribution in [2.24, 2.45) is 11.8 Å². The van der Waals surface area contributed by atoms with Gasteiger partial charge in [-0.05, 0) is 23.8 Å². The molecule has 2 rings (SSSR count). The van der Waals surface area contributed by atoms with Gasteiger partial charge in [0.25, 0.3) is 0 Å². The predicted octanol–water partition coefficient (Wildman–Crippen LogP) is 2.75. The van der Waals surface area contributed by atoms with Crippen LogP contribution in [0.25, 0.3) is 0 Å². The van der Waals surface area contributed by atoms with E-state index in [1.807, 2.05) is 44.2 Å². The Labute approximate surface area is 124 Å². The maximum Gasteiger partial charge on any atom is 0.410 e. The van der Waals surface area contributed by atoms with E-state index < -0.39 is 18.1 Å². The zero-order valence-corrected chi connectivity index (χ0v) is 12.4. The lowest BCUT2D eigenvalue weighted by Crippen LogP contribution is -2.52. The smallest absolute Gasteiger partial charge is 0.410 e. The summed E-state index contributed by atoms with van der Waals surface area (Å²) in [6, 6.07) is 8.56. The molecule has 1 fully saturated rings. The largest absolute Gasteiger partial charge is 0.480 e. The molecule has 0 unspecified atom stereocenters. The summed E-state index contributed by atoms with van der Waals surface area (Å²) in [5, 5.41) is 9.30. The lowest BCUT2D eigenvalue weighted by Gasteiger charge is -2.39. The molecule has 21 heavy (non-hydrogen) atoms. The second-order valence-electron chi connectivity index (χ2n) is 5.74. The van der Waals surface area contributed by atoms with Crippen molar-refractivity contribution in [1.29, 1.82) is 0 Å². The van der Waals surface area contributed by atoms with E-state index in [4.69, 9.17) is 4.74 Å². The Kier molecular flexibility index (Phi) is 4.83. The highest BCUT2D eigenvalue weighted by atomic mass is 16.6. The third-order valence-electron chi connectivity index (χ3n) is 4.15. The molecule has 1 aromatic rings. The van der Waals surface area contributed by atoms with Gasteiger partial charge < -0.3 is 9.84 Å². The van der Waals surface area contributed by atoms with Gasteiger partial charge in [0.2, 0.25) is 0 Å². The fourth-order valence-corrected chi connectivity index (χ4v) is 2.57. The number of carbonyl (C=O) groups excluding carboxylic acids is 1. The minimum absolute atomic E-state index is 0.159. The van der Waals surface area contributed by atoms with Gasteiger partial charge in [-0.3, -0.25) is 4.90 Å². The quantitative estimate of drug-likeness (QED) is 0.930. The summed E-state index contributed by atoms with van der Waals surface area (Å²) < 4.78 is 5.26. The Morgan fingerprint density at radius 1 is 1.24 bits per heavy atom. The minimum Gasteiger partial charge on any atom is -0.480 e. The van der Waals surface area contributed by atoms with E-state index in [1.165, 1.54) is 4.90 Å². The molecule has 1 N–H and O–H groups in total. The first-order chi connectivity index (χ1) is 9.99. The summed E-state index contributed by atoms with van der Waals surface area (Å²) in [6.07, 6.45) is -0.0817. The van der Waals surface area contributed by atoms with Gasteiger partial charge >= 0.3 is 12.1 Å². The molecule has 0 aromatic heterocycles. The van der Waals surface area contributed by atoms with Gasteiger partial charge in [-0.2, -0.15) is 0 Å². The van der Waals surface area contributed by atoms with Crippen molar-refractivity contribution in [3.8, 4) is 0 Å². The van der Waals surface area contributed by atoms with Crippen molar-refractivity contribution >= 4 is 12.1 Å². The van der Waals surface area contributed by atoms with E-state index in [2.05, 4.69) is 0 Å². The van der Waals surface area contributed by atoms with Gasteiger partial charge in [-0.1, -0.05) is 44.2 Å². The van der Waals surface area contributed by atoms with Crippen LogP contribution in [0.3, 0.4) is 0 Å². The van der Waals surface area contributed by atoms with Crippen LogP contribution in [-0.4, -0.2) is 34.7 Å². The summed E-state index contributed by atoms with van der Waals surface area (Å²) in [4.78, 5) is 24.9. The lowest BCUT2D eigenvalue weighted by molar-refractivity contribution is -0.145. The van der Waals surface area contributed by atoms with E-state index in [1.54, 1.807) is 0 Å². The Hall–Kier alpha value is -2.04. The van der Waals surface area contributed by atoms with Crippen LogP contribution in [0.4, 0.5) is 4.79 Å². The van der Waals surface area contributed by atoms with Crippen molar-refractivity contribution in [2.75, 3.05) is 6.54 Å². The van der Waals surface area contributed by atoms with E-state index >= 15 is 0 Å². The van der Waals surface area contributed by atoms with Crippen LogP contribution in [0, 0.1) is 11.8 Å². The number of ether oxygens (including phenoxy) is 1. The molecule has 1 aliphatic rings. The number of hydrogen-bond acceptors (Lipinski definition) is 3. The fraction of sp³-hybridized carbons (Fsp3) is 0.500. The average Bonchev–Trinajstić information content (AvgIpc) is 2.48. The molecule has 0 saturated carbocycles. The molecule has 1 heterocycles. The van der Waals surface area contributed by atoms with E-state index in [-0.39, 0.29) is 18.4 Å². The third kappa shape index (κ3) is 3.74. The number of piperidine rings is 1. The first-order valence-corrected chi connectivity index (χ1v) is 7.19. The van der Waals surface area contributed by atoms with Crippen LogP contribution >= 0.6 is 0 Å². The standard InChI is InChI=1S/C16H21NO4/c1-11-8-14(15(18)19)17(9-12(11)2)16(20)21-10-13-6-4-3-5-7-13/h3-7,11-12,14H,8-10H2,1-2H3,(H,18,19)/t11-,12+,14-/m0/s1. The Morgan fingerprint density at radius 3 is 2.52 bits per heavy atom. The molecule has 0 aliphatic carbocycles. The second kappa shape index (κ2) is 6.61. The van der Waals surface area contributed by atoms with Gasteiger partial charge in [-0.15, -0.1) is 0 Å². The normalized spacial score (nSPS) is 25.4. The number of benzene rings is 1. The molecule has 114 valence electrons. The van der Waals surface area contributed by atoms with Crippen LogP contribution in [0.15, 0.2) is 30.3 Å². The number of hydrogen-bond donors (Lipinski definition) is 1. The number of aliphatic carboxylic acids is 1. The molecule has 1 amide bonds. The molecule has 5 heteroatoms. The molecule has 3 atom stereocenters. The number of carboxylic acid groups (broad SMARTS) is 1. The van der Waals surface area contributed by atoms with Crippen molar-refractivity contribution in [2.45, 2.75) is 32.9 Å². The summed E-state index contributed by atoms with van der Waals surface area (Å²) in [6.45, 7) is 4.63. The van der Waals surface area contributed by atoms with Crippen molar-refractivity contribution in [3.63, 3.8) is 0 Å². The topological polar surface area (TPSA) is 66.8 Å². The van der Waals surface area contributed by atoms with Crippen LogP contribution in [0.2, 0.25) is 0 Å². The van der Waals surface area contributed by atoms with Gasteiger partial charge in [0.15, 0.2) is 0 Å². The number of carboxylic acids is 1. The monoisotopic (exact) mass is 291 g/mol. The highest BCUT2D eigenvalue weighted by Crippen LogP contribution is 2.28. The molecule has 0 spiro atoms. The van der Waals surface area contributed by atoms with Crippen molar-refractivity contribution in [1.82, 2.24) is 4.90 Å². The first kappa shape index (κ1) is 15.4. The molecule has 5 nitrogen and oxygen atoms in total. The van der Waals surface area contributed by atoms with Crippen molar-refractivity contribution in [3.05, 3.63) is 35.9 Å². The summed E-state index contributed by atoms with van der Waals surface area (Å²) >= 11 is 0. The zero-order chi connectivity index (χ0) is 15.4. The van der Waals surface area contributed by atoms with Gasteiger partial charge in [-0.25, -0.2) is 9.59 Å². The van der Waals surface area contributed by atoms with Gasteiger partial charge in [0, 0.05) is 6.54 Å². The SMILES string of the molecule is C[C@@H]1CN(C(=O)OCc2ccccc2)[C@H](C(=O)O)C[C@@H]1C. The number of amides is 1. The fourth-order valence-electron chi connectivity index (χ4n) is 2.57. The molecular formula is C16H21NO4. The molecule has 1 aromatic carbocycles. The maximum absolute atomic E-state index is 12.2. The number of rotatable bonds is 3. The minimum atomic E-state index is -0.967. The van der Waals surface area contributed by atoms with Crippen LogP contribution in [0.1, 0.15) is 25.8 Å². The highest BCUT2D eigenvalue weighted by molar-refractivity contribution is 5.80. The average molecular weight is 291 g/mol. The van der Waals surface area contributed by atoms with Crippen LogP contribution in [-0.2, 0) is 16.1 Å². The van der Waals surface area contributed by atoms with Gasteiger partial charge in [0.1, 0.15) is 12.6 Å². The Bertz CT molecular complexity index is 502. The predicted molar refractivity (Wildman–Crippen MR) is 77.7 cm³/mol. The number of carbonyl (C=O) groups is 2. The van der Waals surface area contributed by atoms with Gasteiger partial charge in [0.05, 0.1) is 0 Å². The lowest BCUT2D eigenvalue weighted by atomic mass is 9.84. The van der Waals surface area contributed by atoms with E-state index in [9.17, 15) is 14.7 Å². The summed E-state index contributed by atoms with van der Waals surface area (Å²) in [5.74, 6) is -0.417. The second-order valence-corrected chi connectivity index (χ2v) is 5.74. The third-order valence-corrected chi connectivity index (χ3v) is 4.15. The first-order valence-electron chi connectivity index (χ1n) is 7.19. The van der Waals surface area contributed by atoms with Crippen LogP contribution in [0.5, 0.6) is 0 Å². The highest BCUT2D eigenvalue weighted by Gasteiger charge is 2.38. The maximum atomic E-state index is 12.2. The number of nitrogens with zero attached hydrogens (tertiary/aromatic N) is 1. The molecular weight excluding hydrogens is 270 g/mol. The summed E-state index contributed by atoms with van der Waals surface area (Å²) in [5.41, 5.74) is 0.885. The number of likely N-dealkylation sites (tertiary alicyclic amines) is 1. The molecule has 0 radical (unpaired) electrons. The van der Waals surface area contributed by atoms with Crippen molar-refractivity contribution < 1.29 is 19.4 Å². The molecule has 1 saturated heterocycles. The van der Waals surface area contributed by atoms with Crippen LogP contribution < -0.4 is 0 Å².